The second-order valence-electron chi connectivity index (χ2n) is 13.4. The lowest BCUT2D eigenvalue weighted by molar-refractivity contribution is -0.271. The minimum absolute atomic E-state index is 0.0463. The Hall–Kier alpha value is -1.65. The van der Waals surface area contributed by atoms with E-state index in [1.807, 2.05) is 6.92 Å². The van der Waals surface area contributed by atoms with Gasteiger partial charge in [0.1, 0.15) is 12.7 Å². The first kappa shape index (κ1) is 27.5. The average Bonchev–Trinajstić information content (AvgIpc) is 3.45. The number of aliphatic hydroxyl groups excluding tert-OH is 1. The summed E-state index contributed by atoms with van der Waals surface area (Å²) in [5, 5.41) is 22.6. The van der Waals surface area contributed by atoms with Crippen LogP contribution in [0.2, 0.25) is 0 Å². The van der Waals surface area contributed by atoms with E-state index in [4.69, 9.17) is 18.9 Å². The monoisotopic (exact) mass is 546 g/mol. The summed E-state index contributed by atoms with van der Waals surface area (Å²) in [7, 11) is 1.58. The molecular weight excluding hydrogens is 504 g/mol. The van der Waals surface area contributed by atoms with Crippen LogP contribution < -0.4 is 0 Å². The molecule has 0 aromatic carbocycles. The van der Waals surface area contributed by atoms with E-state index in [1.165, 1.54) is 6.08 Å². The number of hydrogen-bond acceptors (Lipinski definition) is 9. The van der Waals surface area contributed by atoms with Crippen LogP contribution in [0, 0.1) is 34.5 Å². The van der Waals surface area contributed by atoms with Crippen LogP contribution in [0.1, 0.15) is 72.1 Å². The zero-order chi connectivity index (χ0) is 27.9. The summed E-state index contributed by atoms with van der Waals surface area (Å²) in [6.07, 6.45) is 4.72. The predicted molar refractivity (Wildman–Crippen MR) is 137 cm³/mol. The summed E-state index contributed by atoms with van der Waals surface area (Å²) in [5.41, 5.74) is -2.21. The van der Waals surface area contributed by atoms with Gasteiger partial charge in [0.05, 0.1) is 29.3 Å². The maximum absolute atomic E-state index is 14.0. The van der Waals surface area contributed by atoms with Gasteiger partial charge in [-0.25, -0.2) is 4.79 Å². The van der Waals surface area contributed by atoms with E-state index in [1.54, 1.807) is 14.0 Å². The van der Waals surface area contributed by atoms with Crippen LogP contribution >= 0.6 is 0 Å². The van der Waals surface area contributed by atoms with Gasteiger partial charge in [0.2, 0.25) is 11.6 Å². The van der Waals surface area contributed by atoms with Gasteiger partial charge in [-0.15, -0.1) is 0 Å². The lowest BCUT2D eigenvalue weighted by Crippen LogP contribution is -2.69. The highest BCUT2D eigenvalue weighted by Gasteiger charge is 2.74. The van der Waals surface area contributed by atoms with Gasteiger partial charge in [0, 0.05) is 25.5 Å². The van der Waals surface area contributed by atoms with Crippen LogP contribution in [0.15, 0.2) is 11.6 Å². The van der Waals surface area contributed by atoms with Crippen molar-refractivity contribution in [1.82, 2.24) is 0 Å². The van der Waals surface area contributed by atoms with Crippen molar-refractivity contribution >= 4 is 17.5 Å². The maximum atomic E-state index is 14.0. The molecule has 12 unspecified atom stereocenters. The molecule has 0 amide bonds. The zero-order valence-corrected chi connectivity index (χ0v) is 23.4. The number of cyclic esters (lactones) is 1. The topological polar surface area (TPSA) is 129 Å². The summed E-state index contributed by atoms with van der Waals surface area (Å²) < 4.78 is 22.9. The van der Waals surface area contributed by atoms with Crippen molar-refractivity contribution in [2.45, 2.75) is 108 Å². The van der Waals surface area contributed by atoms with Crippen molar-refractivity contribution in [3.63, 3.8) is 0 Å². The second kappa shape index (κ2) is 9.44. The molecule has 6 rings (SSSR count). The summed E-state index contributed by atoms with van der Waals surface area (Å²) >= 11 is 0. The number of fused-ring (bicyclic) bond motifs is 5. The minimum atomic E-state index is -1.29. The van der Waals surface area contributed by atoms with Gasteiger partial charge >= 0.3 is 5.97 Å². The number of methoxy groups -OCH3 is 1. The molecule has 0 radical (unpaired) electrons. The Bertz CT molecular complexity index is 1090. The van der Waals surface area contributed by atoms with E-state index in [2.05, 4.69) is 6.92 Å². The maximum Gasteiger partial charge on any atom is 0.331 e. The number of ether oxygens (including phenoxy) is 4. The van der Waals surface area contributed by atoms with Crippen LogP contribution in [-0.4, -0.2) is 77.8 Å². The van der Waals surface area contributed by atoms with Crippen molar-refractivity contribution in [1.29, 1.82) is 0 Å². The Morgan fingerprint density at radius 1 is 1.05 bits per heavy atom. The molecule has 5 fully saturated rings. The van der Waals surface area contributed by atoms with Crippen molar-refractivity contribution in [3.8, 4) is 0 Å². The number of Topliss-reactive ketones (excluding diaryl/α,β-unsaturated/α-hetero) is 2. The zero-order valence-electron chi connectivity index (χ0n) is 23.4. The van der Waals surface area contributed by atoms with E-state index in [9.17, 15) is 24.6 Å². The van der Waals surface area contributed by atoms with Crippen molar-refractivity contribution in [2.75, 3.05) is 13.7 Å². The van der Waals surface area contributed by atoms with Crippen LogP contribution in [0.4, 0.5) is 0 Å². The van der Waals surface area contributed by atoms with Crippen molar-refractivity contribution in [3.05, 3.63) is 11.6 Å². The first-order valence-corrected chi connectivity index (χ1v) is 14.6. The summed E-state index contributed by atoms with van der Waals surface area (Å²) in [6, 6.07) is 0. The van der Waals surface area contributed by atoms with Crippen molar-refractivity contribution < 1.29 is 43.5 Å². The number of hydrogen-bond donors (Lipinski definition) is 2. The van der Waals surface area contributed by atoms with Crippen LogP contribution in [-0.2, 0) is 33.3 Å². The number of ketones is 2. The lowest BCUT2D eigenvalue weighted by atomic mass is 9.42. The number of carbonyl (C=O) groups is 3. The van der Waals surface area contributed by atoms with Crippen LogP contribution in [0.3, 0.4) is 0 Å². The third-order valence-electron chi connectivity index (χ3n) is 11.9. The van der Waals surface area contributed by atoms with Crippen molar-refractivity contribution in [2.24, 2.45) is 34.5 Å². The number of esters is 1. The molecule has 4 aliphatic carbocycles. The highest BCUT2D eigenvalue weighted by atomic mass is 16.7. The summed E-state index contributed by atoms with van der Waals surface area (Å²) in [4.78, 5) is 39.8. The van der Waals surface area contributed by atoms with Gasteiger partial charge in [-0.1, -0.05) is 6.92 Å². The standard InChI is InChI=1S/C30H42O9/c1-15-25(32)21(36-4)13-23(38-15)39-18-7-9-28(2)17(12-18)5-6-20-24(28)26(33)27(34)29(3)19(8-10-30(20,29)35)16-11-22(31)37-14-16/h11,15,17-21,23-25,32,35H,5-10,12-14H2,1-4H3. The van der Waals surface area contributed by atoms with Crippen LogP contribution in [0.25, 0.3) is 0 Å². The molecule has 1 saturated heterocycles. The van der Waals surface area contributed by atoms with E-state index >= 15 is 0 Å². The molecule has 9 heteroatoms. The molecule has 6 aliphatic rings. The fourth-order valence-electron chi connectivity index (χ4n) is 9.59. The first-order valence-electron chi connectivity index (χ1n) is 14.6. The molecule has 0 bridgehead atoms. The summed E-state index contributed by atoms with van der Waals surface area (Å²) in [5.74, 6) is -2.25. The molecule has 4 saturated carbocycles. The highest BCUT2D eigenvalue weighted by molar-refractivity contribution is 6.41. The third-order valence-corrected chi connectivity index (χ3v) is 11.9. The molecule has 39 heavy (non-hydrogen) atoms. The molecule has 216 valence electrons. The van der Waals surface area contributed by atoms with Gasteiger partial charge in [-0.05, 0) is 87.5 Å². The smallest absolute Gasteiger partial charge is 0.331 e. The largest absolute Gasteiger partial charge is 0.458 e. The SMILES string of the molecule is COC1CC(OC2CCC3(C)C(CCC4C3C(=O)C(=O)C3(C)C(C5=CC(=O)OC5)CCC43O)C2)OC(C)C1O. The van der Waals surface area contributed by atoms with E-state index in [0.29, 0.717) is 25.7 Å². The third kappa shape index (κ3) is 3.86. The Labute approximate surface area is 229 Å². The van der Waals surface area contributed by atoms with Gasteiger partial charge in [-0.3, -0.25) is 9.59 Å². The molecule has 2 N–H and O–H groups in total. The lowest BCUT2D eigenvalue weighted by Gasteiger charge is -2.62. The molecule has 2 aliphatic heterocycles. The van der Waals surface area contributed by atoms with Gasteiger partial charge in [0.25, 0.3) is 0 Å². The average molecular weight is 547 g/mol. The molecule has 0 aromatic rings. The van der Waals surface area contributed by atoms with Gasteiger partial charge in [-0.2, -0.15) is 0 Å². The fourth-order valence-corrected chi connectivity index (χ4v) is 9.59. The van der Waals surface area contributed by atoms with Gasteiger partial charge < -0.3 is 29.2 Å². The Morgan fingerprint density at radius 3 is 2.51 bits per heavy atom. The normalized spacial score (nSPS) is 51.6. The first-order chi connectivity index (χ1) is 18.4. The molecule has 2 heterocycles. The number of rotatable bonds is 4. The molecule has 12 atom stereocenters. The van der Waals surface area contributed by atoms with Gasteiger partial charge in [0.15, 0.2) is 6.29 Å². The molecular formula is C30H42O9. The molecule has 9 nitrogen and oxygen atoms in total. The number of aliphatic hydroxyl groups is 2. The number of carbonyl (C=O) groups excluding carboxylic acids is 3. The highest BCUT2D eigenvalue weighted by Crippen LogP contribution is 2.68. The van der Waals surface area contributed by atoms with E-state index in [0.717, 1.165) is 31.3 Å². The fraction of sp³-hybridized carbons (Fsp3) is 0.833. The predicted octanol–water partition coefficient (Wildman–Crippen LogP) is 2.50. The Kier molecular flexibility index (Phi) is 6.66. The molecule has 0 spiro atoms. The Morgan fingerprint density at radius 2 is 1.82 bits per heavy atom. The van der Waals surface area contributed by atoms with E-state index < -0.39 is 46.5 Å². The molecule has 0 aromatic heterocycles. The quantitative estimate of drug-likeness (QED) is 0.310. The van der Waals surface area contributed by atoms with Crippen LogP contribution in [0.5, 0.6) is 0 Å². The Balaban J connectivity index is 1.21. The summed E-state index contributed by atoms with van der Waals surface area (Å²) in [6.45, 7) is 5.83. The second-order valence-corrected chi connectivity index (χ2v) is 13.4. The minimum Gasteiger partial charge on any atom is -0.458 e. The van der Waals surface area contributed by atoms with E-state index in [-0.39, 0.29) is 48.5 Å².